The number of thiocarbonyl (C=S) groups is 1. The second-order valence-electron chi connectivity index (χ2n) is 8.03. The molecule has 1 aliphatic rings. The van der Waals surface area contributed by atoms with Crippen molar-refractivity contribution in [2.45, 2.75) is 26.7 Å². The topological polar surface area (TPSA) is 145 Å². The Morgan fingerprint density at radius 3 is 2.48 bits per heavy atom. The summed E-state index contributed by atoms with van der Waals surface area (Å²) in [5, 5.41) is 35.7. The molecule has 0 aromatic heterocycles. The van der Waals surface area contributed by atoms with E-state index in [1.165, 1.54) is 31.2 Å². The van der Waals surface area contributed by atoms with Crippen molar-refractivity contribution in [3.63, 3.8) is 0 Å². The van der Waals surface area contributed by atoms with Gasteiger partial charge in [-0.05, 0) is 67.7 Å². The maximum absolute atomic E-state index is 12.6. The van der Waals surface area contributed by atoms with E-state index in [0.717, 1.165) is 12.8 Å². The summed E-state index contributed by atoms with van der Waals surface area (Å²) in [5.74, 6) is -1.76. The number of hydrogen-bond donors (Lipinski definition) is 4. The van der Waals surface area contributed by atoms with Crippen LogP contribution in [0.5, 0.6) is 5.75 Å². The third kappa shape index (κ3) is 5.55. The number of rotatable bonds is 5. The molecule has 1 amide bonds. The smallest absolute Gasteiger partial charge is 0.339 e. The molecule has 33 heavy (non-hydrogen) atoms. The predicted molar refractivity (Wildman–Crippen MR) is 127 cm³/mol. The molecular weight excluding hydrogens is 448 g/mol. The SMILES string of the molecule is Cc1cc(NC(=S)NC(=O)c2ccc(N3CCC(C)CC3)c([N+](=O)[O-])c2)cc(C(=O)O)c1O. The molecule has 10 nitrogen and oxygen atoms in total. The number of carbonyl (C=O) groups excluding carboxylic acids is 1. The van der Waals surface area contributed by atoms with Gasteiger partial charge in [0.2, 0.25) is 0 Å². The molecule has 2 aromatic rings. The first-order valence-corrected chi connectivity index (χ1v) is 10.7. The lowest BCUT2D eigenvalue weighted by molar-refractivity contribution is -0.384. The zero-order valence-corrected chi connectivity index (χ0v) is 18.9. The minimum Gasteiger partial charge on any atom is -0.507 e. The molecule has 1 heterocycles. The highest BCUT2D eigenvalue weighted by atomic mass is 32.1. The lowest BCUT2D eigenvalue weighted by Gasteiger charge is -2.31. The molecule has 0 atom stereocenters. The van der Waals surface area contributed by atoms with Gasteiger partial charge >= 0.3 is 5.97 Å². The second-order valence-corrected chi connectivity index (χ2v) is 8.44. The summed E-state index contributed by atoms with van der Waals surface area (Å²) in [6, 6.07) is 6.95. The van der Waals surface area contributed by atoms with Crippen molar-refractivity contribution in [3.05, 3.63) is 57.1 Å². The fourth-order valence-electron chi connectivity index (χ4n) is 3.68. The number of carboxylic acids is 1. The molecule has 1 aliphatic heterocycles. The van der Waals surface area contributed by atoms with E-state index in [9.17, 15) is 29.9 Å². The standard InChI is InChI=1S/C22H24N4O6S/c1-12-5-7-25(8-6-12)17-4-3-14(10-18(17)26(31)32)20(28)24-22(33)23-15-9-13(2)19(27)16(11-15)21(29)30/h3-4,9-12,27H,5-8H2,1-2H3,(H,29,30)(H2,23,24,28,33). The van der Waals surface area contributed by atoms with Gasteiger partial charge < -0.3 is 20.4 Å². The number of amides is 1. The Hall–Kier alpha value is -3.73. The molecule has 0 bridgehead atoms. The molecule has 1 fully saturated rings. The number of nitro groups is 1. The number of anilines is 2. The quantitative estimate of drug-likeness (QED) is 0.222. The number of aromatic hydroxyl groups is 1. The number of phenols is 1. The number of benzene rings is 2. The van der Waals surface area contributed by atoms with Crippen molar-refractivity contribution < 1.29 is 24.7 Å². The Balaban J connectivity index is 1.75. The van der Waals surface area contributed by atoms with Crippen molar-refractivity contribution in [2.75, 3.05) is 23.3 Å². The van der Waals surface area contributed by atoms with Crippen LogP contribution in [0.15, 0.2) is 30.3 Å². The fourth-order valence-corrected chi connectivity index (χ4v) is 3.89. The molecule has 0 unspecified atom stereocenters. The Labute approximate surface area is 195 Å². The maximum Gasteiger partial charge on any atom is 0.339 e. The van der Waals surface area contributed by atoms with E-state index in [2.05, 4.69) is 17.6 Å². The van der Waals surface area contributed by atoms with Crippen LogP contribution < -0.4 is 15.5 Å². The number of nitrogens with one attached hydrogen (secondary N) is 2. The summed E-state index contributed by atoms with van der Waals surface area (Å²) < 4.78 is 0. The monoisotopic (exact) mass is 472 g/mol. The molecule has 0 aliphatic carbocycles. The van der Waals surface area contributed by atoms with Crippen LogP contribution in [0.3, 0.4) is 0 Å². The van der Waals surface area contributed by atoms with Crippen molar-refractivity contribution in [2.24, 2.45) is 5.92 Å². The van der Waals surface area contributed by atoms with E-state index in [4.69, 9.17) is 12.2 Å². The zero-order chi connectivity index (χ0) is 24.3. The van der Waals surface area contributed by atoms with Crippen molar-refractivity contribution in [1.82, 2.24) is 5.32 Å². The van der Waals surface area contributed by atoms with E-state index in [-0.39, 0.29) is 33.4 Å². The average molecular weight is 473 g/mol. The summed E-state index contributed by atoms with van der Waals surface area (Å²) in [7, 11) is 0. The minimum absolute atomic E-state index is 0.0630. The molecule has 11 heteroatoms. The highest BCUT2D eigenvalue weighted by Gasteiger charge is 2.25. The van der Waals surface area contributed by atoms with Gasteiger partial charge in [-0.25, -0.2) is 4.79 Å². The molecule has 174 valence electrons. The number of carboxylic acid groups (broad SMARTS) is 1. The fraction of sp³-hybridized carbons (Fsp3) is 0.318. The minimum atomic E-state index is -1.32. The van der Waals surface area contributed by atoms with Crippen LogP contribution in [0.4, 0.5) is 17.1 Å². The van der Waals surface area contributed by atoms with Gasteiger partial charge in [0, 0.05) is 30.4 Å². The van der Waals surface area contributed by atoms with Crippen LogP contribution in [0.2, 0.25) is 0 Å². The summed E-state index contributed by atoms with van der Waals surface area (Å²) in [5.41, 5.74) is 0.637. The van der Waals surface area contributed by atoms with Crippen molar-refractivity contribution in [1.29, 1.82) is 0 Å². The lowest BCUT2D eigenvalue weighted by atomic mass is 9.98. The van der Waals surface area contributed by atoms with Crippen LogP contribution in [0.25, 0.3) is 0 Å². The molecule has 0 spiro atoms. The highest BCUT2D eigenvalue weighted by Crippen LogP contribution is 2.32. The second kappa shape index (κ2) is 9.82. The number of piperidine rings is 1. The molecule has 2 aromatic carbocycles. The molecule has 1 saturated heterocycles. The normalized spacial score (nSPS) is 13.9. The van der Waals surface area contributed by atoms with Gasteiger partial charge in [-0.2, -0.15) is 0 Å². The number of carbonyl (C=O) groups is 2. The third-order valence-electron chi connectivity index (χ3n) is 5.57. The molecule has 0 saturated carbocycles. The van der Waals surface area contributed by atoms with Crippen LogP contribution in [-0.2, 0) is 0 Å². The number of nitro benzene ring substituents is 1. The van der Waals surface area contributed by atoms with Crippen molar-refractivity contribution in [3.8, 4) is 5.75 Å². The van der Waals surface area contributed by atoms with E-state index in [0.29, 0.717) is 30.3 Å². The van der Waals surface area contributed by atoms with E-state index < -0.39 is 16.8 Å². The summed E-state index contributed by atoms with van der Waals surface area (Å²) >= 11 is 5.13. The van der Waals surface area contributed by atoms with Gasteiger partial charge in [-0.1, -0.05) is 6.92 Å². The number of aryl methyl sites for hydroxylation is 1. The van der Waals surface area contributed by atoms with Gasteiger partial charge in [0.15, 0.2) is 5.11 Å². The van der Waals surface area contributed by atoms with Crippen LogP contribution in [0.1, 0.15) is 46.0 Å². The van der Waals surface area contributed by atoms with Crippen LogP contribution in [0, 0.1) is 23.0 Å². The van der Waals surface area contributed by atoms with E-state index in [1.807, 2.05) is 4.90 Å². The van der Waals surface area contributed by atoms with Gasteiger partial charge in [-0.3, -0.25) is 20.2 Å². The molecule has 0 radical (unpaired) electrons. The number of nitrogens with zero attached hydrogens (tertiary/aromatic N) is 2. The Morgan fingerprint density at radius 2 is 1.88 bits per heavy atom. The summed E-state index contributed by atoms with van der Waals surface area (Å²) in [6.07, 6.45) is 1.89. The first-order chi connectivity index (χ1) is 15.6. The van der Waals surface area contributed by atoms with Crippen LogP contribution >= 0.6 is 12.2 Å². The lowest BCUT2D eigenvalue weighted by Crippen LogP contribution is -2.35. The largest absolute Gasteiger partial charge is 0.507 e. The Kier molecular flexibility index (Phi) is 7.12. The first kappa shape index (κ1) is 23.9. The van der Waals surface area contributed by atoms with Crippen LogP contribution in [-0.4, -0.2) is 45.2 Å². The van der Waals surface area contributed by atoms with Gasteiger partial charge in [-0.15, -0.1) is 0 Å². The maximum atomic E-state index is 12.6. The van der Waals surface area contributed by atoms with Gasteiger partial charge in [0.05, 0.1) is 4.92 Å². The molecular formula is C22H24N4O6S. The van der Waals surface area contributed by atoms with Gasteiger partial charge in [0.25, 0.3) is 11.6 Å². The average Bonchev–Trinajstić information content (AvgIpc) is 2.76. The summed E-state index contributed by atoms with van der Waals surface area (Å²) in [6.45, 7) is 5.11. The third-order valence-corrected chi connectivity index (χ3v) is 5.78. The van der Waals surface area contributed by atoms with E-state index >= 15 is 0 Å². The molecule has 4 N–H and O–H groups in total. The molecule has 3 rings (SSSR count). The van der Waals surface area contributed by atoms with Crippen molar-refractivity contribution >= 4 is 46.3 Å². The number of aromatic carboxylic acids is 1. The first-order valence-electron chi connectivity index (χ1n) is 10.3. The van der Waals surface area contributed by atoms with Gasteiger partial charge in [0.1, 0.15) is 17.0 Å². The highest BCUT2D eigenvalue weighted by molar-refractivity contribution is 7.80. The Morgan fingerprint density at radius 1 is 1.21 bits per heavy atom. The number of hydrogen-bond acceptors (Lipinski definition) is 7. The Bertz CT molecular complexity index is 1130. The van der Waals surface area contributed by atoms with E-state index in [1.54, 1.807) is 6.07 Å². The zero-order valence-electron chi connectivity index (χ0n) is 18.1. The predicted octanol–water partition coefficient (Wildman–Crippen LogP) is 3.67. The summed E-state index contributed by atoms with van der Waals surface area (Å²) in [4.78, 5) is 37.0.